The van der Waals surface area contributed by atoms with E-state index in [0.717, 1.165) is 64.2 Å². The zero-order valence-electron chi connectivity index (χ0n) is 16.0. The largest absolute Gasteiger partial charge is 0.493 e. The molecule has 1 amide bonds. The molecule has 0 saturated carbocycles. The normalized spacial score (nSPS) is 17.6. The summed E-state index contributed by atoms with van der Waals surface area (Å²) in [4.78, 5) is 26.6. The number of benzene rings is 1. The van der Waals surface area contributed by atoms with Crippen molar-refractivity contribution in [3.05, 3.63) is 29.3 Å². The van der Waals surface area contributed by atoms with E-state index in [4.69, 9.17) is 9.84 Å². The van der Waals surface area contributed by atoms with Gasteiger partial charge in [-0.15, -0.1) is 0 Å². The second-order valence-corrected chi connectivity index (χ2v) is 7.42. The van der Waals surface area contributed by atoms with Crippen LogP contribution in [0.1, 0.15) is 43.2 Å². The number of likely N-dealkylation sites (tertiary alicyclic amines) is 1. The van der Waals surface area contributed by atoms with E-state index in [1.807, 2.05) is 11.0 Å². The molecule has 1 aromatic carbocycles. The summed E-state index contributed by atoms with van der Waals surface area (Å²) >= 11 is 0. The third-order valence-electron chi connectivity index (χ3n) is 5.47. The molecule has 27 heavy (non-hydrogen) atoms. The van der Waals surface area contributed by atoms with E-state index in [2.05, 4.69) is 17.0 Å². The predicted octanol–water partition coefficient (Wildman–Crippen LogP) is 2.34. The monoisotopic (exact) mass is 374 g/mol. The highest BCUT2D eigenvalue weighted by molar-refractivity contribution is 5.78. The molecule has 0 atom stereocenters. The quantitative estimate of drug-likeness (QED) is 0.672. The lowest BCUT2D eigenvalue weighted by Crippen LogP contribution is -2.28. The zero-order valence-corrected chi connectivity index (χ0v) is 16.0. The number of nitrogens with zero attached hydrogens (tertiary/aromatic N) is 2. The van der Waals surface area contributed by atoms with Gasteiger partial charge in [-0.25, -0.2) is 0 Å². The van der Waals surface area contributed by atoms with Crippen molar-refractivity contribution in [2.75, 3.05) is 39.3 Å². The van der Waals surface area contributed by atoms with Gasteiger partial charge in [-0.05, 0) is 55.8 Å². The Morgan fingerprint density at radius 2 is 1.93 bits per heavy atom. The van der Waals surface area contributed by atoms with Gasteiger partial charge in [0.25, 0.3) is 0 Å². The standard InChI is InChI=1S/C21H30N2O4/c24-20-7-2-12-23(20)13-4-16-27-19-6-1-5-17-9-14-22(15-10-18(17)19)11-3-8-21(25)26/h1,5-6H,2-4,7-16H2,(H,25,26). The summed E-state index contributed by atoms with van der Waals surface area (Å²) in [5.74, 6) is 0.513. The molecule has 0 aliphatic carbocycles. The van der Waals surface area contributed by atoms with Crippen LogP contribution in [-0.2, 0) is 22.4 Å². The molecule has 0 radical (unpaired) electrons. The molecule has 6 heteroatoms. The summed E-state index contributed by atoms with van der Waals surface area (Å²) < 4.78 is 6.07. The maximum Gasteiger partial charge on any atom is 0.303 e. The van der Waals surface area contributed by atoms with Crippen LogP contribution in [0.5, 0.6) is 5.75 Å². The van der Waals surface area contributed by atoms with Crippen LogP contribution >= 0.6 is 0 Å². The lowest BCUT2D eigenvalue weighted by atomic mass is 10.0. The molecule has 1 fully saturated rings. The van der Waals surface area contributed by atoms with Gasteiger partial charge in [0.15, 0.2) is 0 Å². The number of rotatable bonds is 9. The Kier molecular flexibility index (Phi) is 7.10. The number of aliphatic carboxylic acids is 1. The van der Waals surface area contributed by atoms with E-state index in [0.29, 0.717) is 19.4 Å². The molecule has 0 aromatic heterocycles. The number of hydrogen-bond acceptors (Lipinski definition) is 4. The molecule has 1 N–H and O–H groups in total. The van der Waals surface area contributed by atoms with Crippen LogP contribution in [0.3, 0.4) is 0 Å². The molecule has 2 heterocycles. The summed E-state index contributed by atoms with van der Waals surface area (Å²) in [6, 6.07) is 6.27. The highest BCUT2D eigenvalue weighted by atomic mass is 16.5. The van der Waals surface area contributed by atoms with Crippen molar-refractivity contribution in [2.24, 2.45) is 0 Å². The summed E-state index contributed by atoms with van der Waals surface area (Å²) in [5, 5.41) is 8.81. The predicted molar refractivity (Wildman–Crippen MR) is 103 cm³/mol. The average molecular weight is 374 g/mol. The first-order valence-corrected chi connectivity index (χ1v) is 10.1. The lowest BCUT2D eigenvalue weighted by Gasteiger charge is -2.19. The van der Waals surface area contributed by atoms with Gasteiger partial charge >= 0.3 is 5.97 Å². The maximum atomic E-state index is 11.7. The fraction of sp³-hybridized carbons (Fsp3) is 0.619. The summed E-state index contributed by atoms with van der Waals surface area (Å²) in [6.45, 7) is 5.04. The zero-order chi connectivity index (χ0) is 19.1. The Morgan fingerprint density at radius 3 is 2.70 bits per heavy atom. The fourth-order valence-electron chi connectivity index (χ4n) is 3.98. The third-order valence-corrected chi connectivity index (χ3v) is 5.47. The number of amides is 1. The second-order valence-electron chi connectivity index (χ2n) is 7.42. The van der Waals surface area contributed by atoms with Gasteiger partial charge in [-0.2, -0.15) is 0 Å². The van der Waals surface area contributed by atoms with E-state index in [9.17, 15) is 9.59 Å². The number of carboxylic acids is 1. The Balaban J connectivity index is 1.48. The van der Waals surface area contributed by atoms with Crippen LogP contribution in [0.15, 0.2) is 18.2 Å². The molecule has 2 aliphatic rings. The minimum atomic E-state index is -0.723. The van der Waals surface area contributed by atoms with Crippen molar-refractivity contribution in [2.45, 2.75) is 44.9 Å². The van der Waals surface area contributed by atoms with Gasteiger partial charge in [0, 0.05) is 39.0 Å². The molecule has 2 aliphatic heterocycles. The maximum absolute atomic E-state index is 11.7. The molecule has 3 rings (SSSR count). The first-order valence-electron chi connectivity index (χ1n) is 10.1. The average Bonchev–Trinajstić information content (AvgIpc) is 2.93. The minimum absolute atomic E-state index is 0.233. The Bertz CT molecular complexity index is 662. The molecule has 1 saturated heterocycles. The fourth-order valence-corrected chi connectivity index (χ4v) is 3.98. The number of carbonyl (C=O) groups is 2. The van der Waals surface area contributed by atoms with Gasteiger partial charge < -0.3 is 19.6 Å². The molecule has 1 aromatic rings. The topological polar surface area (TPSA) is 70.1 Å². The summed E-state index contributed by atoms with van der Waals surface area (Å²) in [5.41, 5.74) is 2.62. The highest BCUT2D eigenvalue weighted by Crippen LogP contribution is 2.26. The lowest BCUT2D eigenvalue weighted by molar-refractivity contribution is -0.137. The minimum Gasteiger partial charge on any atom is -0.493 e. The smallest absolute Gasteiger partial charge is 0.303 e. The Morgan fingerprint density at radius 1 is 1.07 bits per heavy atom. The number of ether oxygens (including phenoxy) is 1. The number of carbonyl (C=O) groups excluding carboxylic acids is 1. The van der Waals surface area contributed by atoms with E-state index < -0.39 is 5.97 Å². The van der Waals surface area contributed by atoms with Gasteiger partial charge in [0.05, 0.1) is 6.61 Å². The van der Waals surface area contributed by atoms with Crippen molar-refractivity contribution in [1.29, 1.82) is 0 Å². The SMILES string of the molecule is O=C(O)CCCN1CCc2cccc(OCCCN3CCCC3=O)c2CC1. The highest BCUT2D eigenvalue weighted by Gasteiger charge is 2.20. The van der Waals surface area contributed by atoms with Crippen LogP contribution in [0, 0.1) is 0 Å². The van der Waals surface area contributed by atoms with E-state index in [1.165, 1.54) is 11.1 Å². The van der Waals surface area contributed by atoms with Crippen molar-refractivity contribution in [1.82, 2.24) is 9.80 Å². The third kappa shape index (κ3) is 5.70. The van der Waals surface area contributed by atoms with Crippen LogP contribution < -0.4 is 4.74 Å². The van der Waals surface area contributed by atoms with Gasteiger partial charge in [0.2, 0.25) is 5.91 Å². The van der Waals surface area contributed by atoms with Crippen LogP contribution in [-0.4, -0.2) is 66.1 Å². The summed E-state index contributed by atoms with van der Waals surface area (Å²) in [7, 11) is 0. The molecule has 0 unspecified atom stereocenters. The molecular formula is C21H30N2O4. The van der Waals surface area contributed by atoms with Crippen molar-refractivity contribution >= 4 is 11.9 Å². The summed E-state index contributed by atoms with van der Waals surface area (Å²) in [6.07, 6.45) is 5.37. The van der Waals surface area contributed by atoms with Gasteiger partial charge in [0.1, 0.15) is 5.75 Å². The van der Waals surface area contributed by atoms with Crippen LogP contribution in [0.2, 0.25) is 0 Å². The first-order chi connectivity index (χ1) is 13.1. The van der Waals surface area contributed by atoms with E-state index in [-0.39, 0.29) is 12.3 Å². The molecule has 0 bridgehead atoms. The Hall–Kier alpha value is -2.08. The Labute approximate surface area is 161 Å². The van der Waals surface area contributed by atoms with Crippen LogP contribution in [0.25, 0.3) is 0 Å². The molecular weight excluding hydrogens is 344 g/mol. The molecule has 6 nitrogen and oxygen atoms in total. The van der Waals surface area contributed by atoms with Crippen molar-refractivity contribution < 1.29 is 19.4 Å². The van der Waals surface area contributed by atoms with Crippen LogP contribution in [0.4, 0.5) is 0 Å². The number of hydrogen-bond donors (Lipinski definition) is 1. The molecule has 148 valence electrons. The van der Waals surface area contributed by atoms with Crippen molar-refractivity contribution in [3.8, 4) is 5.75 Å². The van der Waals surface area contributed by atoms with Crippen molar-refractivity contribution in [3.63, 3.8) is 0 Å². The molecule has 0 spiro atoms. The first kappa shape index (κ1) is 19.7. The van der Waals surface area contributed by atoms with E-state index >= 15 is 0 Å². The number of fused-ring (bicyclic) bond motifs is 1. The van der Waals surface area contributed by atoms with Gasteiger partial charge in [-0.3, -0.25) is 9.59 Å². The second kappa shape index (κ2) is 9.74. The van der Waals surface area contributed by atoms with E-state index in [1.54, 1.807) is 0 Å². The van der Waals surface area contributed by atoms with Gasteiger partial charge in [-0.1, -0.05) is 12.1 Å². The number of carboxylic acid groups (broad SMARTS) is 1.